The van der Waals surface area contributed by atoms with E-state index in [-0.39, 0.29) is 11.7 Å². The van der Waals surface area contributed by atoms with Crippen LogP contribution in [-0.2, 0) is 6.54 Å². The Hall–Kier alpha value is -2.81. The lowest BCUT2D eigenvalue weighted by Crippen LogP contribution is -2.48. The quantitative estimate of drug-likeness (QED) is 0.419. The van der Waals surface area contributed by atoms with E-state index in [2.05, 4.69) is 15.0 Å². The van der Waals surface area contributed by atoms with E-state index in [9.17, 15) is 9.18 Å². The molecule has 9 heteroatoms. The highest BCUT2D eigenvalue weighted by Crippen LogP contribution is 2.36. The fourth-order valence-corrected chi connectivity index (χ4v) is 5.38. The van der Waals surface area contributed by atoms with Crippen LogP contribution >= 0.6 is 22.9 Å². The first-order chi connectivity index (χ1) is 15.5. The molecule has 1 aliphatic rings. The summed E-state index contributed by atoms with van der Waals surface area (Å²) in [5.74, 6) is 0.686. The zero-order valence-electron chi connectivity index (χ0n) is 17.3. The summed E-state index contributed by atoms with van der Waals surface area (Å²) in [5, 5.41) is 5.22. The summed E-state index contributed by atoms with van der Waals surface area (Å²) in [6.45, 7) is 5.05. The normalized spacial score (nSPS) is 14.9. The van der Waals surface area contributed by atoms with Gasteiger partial charge in [-0.15, -0.1) is 11.3 Å². The number of aromatic nitrogens is 2. The van der Waals surface area contributed by atoms with Crippen molar-refractivity contribution in [2.75, 3.05) is 26.2 Å². The Bertz CT molecular complexity index is 1300. The van der Waals surface area contributed by atoms with Gasteiger partial charge >= 0.3 is 0 Å². The van der Waals surface area contributed by atoms with E-state index in [0.717, 1.165) is 11.1 Å². The number of halogens is 2. The smallest absolute Gasteiger partial charge is 0.265 e. The van der Waals surface area contributed by atoms with Gasteiger partial charge < -0.3 is 9.42 Å². The first kappa shape index (κ1) is 21.1. The van der Waals surface area contributed by atoms with E-state index in [1.54, 1.807) is 11.0 Å². The number of carbonyl (C=O) groups is 1. The molecule has 2 aromatic heterocycles. The van der Waals surface area contributed by atoms with Crippen LogP contribution in [0.25, 0.3) is 21.5 Å². The molecule has 0 spiro atoms. The van der Waals surface area contributed by atoms with Crippen molar-refractivity contribution in [2.24, 2.45) is 0 Å². The number of hydrogen-bond donors (Lipinski definition) is 0. The Morgan fingerprint density at radius 2 is 1.97 bits per heavy atom. The molecular formula is C23H20ClFN4O2S. The van der Waals surface area contributed by atoms with Crippen LogP contribution in [0.4, 0.5) is 4.39 Å². The van der Waals surface area contributed by atoms with Gasteiger partial charge in [-0.1, -0.05) is 41.0 Å². The van der Waals surface area contributed by atoms with Crippen LogP contribution < -0.4 is 0 Å². The van der Waals surface area contributed by atoms with Gasteiger partial charge in [-0.25, -0.2) is 4.39 Å². The number of benzene rings is 2. The summed E-state index contributed by atoms with van der Waals surface area (Å²) in [5.41, 5.74) is 2.05. The minimum Gasteiger partial charge on any atom is -0.338 e. The third kappa shape index (κ3) is 4.01. The zero-order chi connectivity index (χ0) is 22.2. The lowest BCUT2D eigenvalue weighted by molar-refractivity contribution is 0.0620. The lowest BCUT2D eigenvalue weighted by atomic mass is 10.1. The van der Waals surface area contributed by atoms with E-state index in [1.807, 2.05) is 31.2 Å². The van der Waals surface area contributed by atoms with E-state index in [1.165, 1.54) is 23.5 Å². The van der Waals surface area contributed by atoms with Crippen LogP contribution in [0, 0.1) is 12.7 Å². The van der Waals surface area contributed by atoms with E-state index < -0.39 is 0 Å². The predicted octanol–water partition coefficient (Wildman–Crippen LogP) is 5.01. The van der Waals surface area contributed by atoms with Crippen LogP contribution in [-0.4, -0.2) is 52.0 Å². The molecule has 164 valence electrons. The maximum absolute atomic E-state index is 13.5. The highest BCUT2D eigenvalue weighted by molar-refractivity contribution is 7.21. The van der Waals surface area contributed by atoms with Gasteiger partial charge in [0.15, 0.2) is 0 Å². The second kappa shape index (κ2) is 8.61. The number of nitrogens with zero attached hydrogens (tertiary/aromatic N) is 4. The average Bonchev–Trinajstić information content (AvgIpc) is 3.38. The summed E-state index contributed by atoms with van der Waals surface area (Å²) in [4.78, 5) is 22.0. The van der Waals surface area contributed by atoms with Gasteiger partial charge in [0.1, 0.15) is 10.7 Å². The third-order valence-electron chi connectivity index (χ3n) is 5.66. The molecule has 2 aromatic carbocycles. The second-order valence-electron chi connectivity index (χ2n) is 7.78. The van der Waals surface area contributed by atoms with Crippen molar-refractivity contribution in [2.45, 2.75) is 13.5 Å². The average molecular weight is 471 g/mol. The third-order valence-corrected chi connectivity index (χ3v) is 7.30. The SMILES string of the molecule is Cc1ccccc1-c1noc(CN2CCN(C(=O)c3sc4cc(F)ccc4c3Cl)CC2)n1. The molecular weight excluding hydrogens is 451 g/mol. The highest BCUT2D eigenvalue weighted by atomic mass is 35.5. The molecule has 0 saturated carbocycles. The molecule has 6 nitrogen and oxygen atoms in total. The minimum atomic E-state index is -0.338. The van der Waals surface area contributed by atoms with Crippen LogP contribution in [0.1, 0.15) is 21.1 Å². The molecule has 0 unspecified atom stereocenters. The molecule has 5 rings (SSSR count). The van der Waals surface area contributed by atoms with Gasteiger partial charge in [0.2, 0.25) is 11.7 Å². The standard InChI is InChI=1S/C23H20ClFN4O2S/c1-14-4-2-3-5-16(14)22-26-19(31-27-22)13-28-8-10-29(11-9-28)23(30)21-20(24)17-7-6-15(25)12-18(17)32-21/h2-7,12H,8-11,13H2,1H3. The van der Waals surface area contributed by atoms with Crippen molar-refractivity contribution in [1.82, 2.24) is 19.9 Å². The Morgan fingerprint density at radius 3 is 2.75 bits per heavy atom. The van der Waals surface area contributed by atoms with Gasteiger partial charge in [-0.2, -0.15) is 4.98 Å². The Balaban J connectivity index is 1.23. The number of thiophene rings is 1. The molecule has 1 aliphatic heterocycles. The molecule has 0 radical (unpaired) electrons. The van der Waals surface area contributed by atoms with Crippen molar-refractivity contribution < 1.29 is 13.7 Å². The van der Waals surface area contributed by atoms with Gasteiger partial charge in [-0.3, -0.25) is 9.69 Å². The van der Waals surface area contributed by atoms with Crippen LogP contribution in [0.15, 0.2) is 47.0 Å². The molecule has 0 aliphatic carbocycles. The number of piperazine rings is 1. The first-order valence-electron chi connectivity index (χ1n) is 10.3. The number of carbonyl (C=O) groups excluding carboxylic acids is 1. The van der Waals surface area contributed by atoms with Crippen molar-refractivity contribution in [3.8, 4) is 11.4 Å². The van der Waals surface area contributed by atoms with E-state index in [4.69, 9.17) is 16.1 Å². The van der Waals surface area contributed by atoms with E-state index >= 15 is 0 Å². The number of rotatable bonds is 4. The van der Waals surface area contributed by atoms with Crippen molar-refractivity contribution in [3.63, 3.8) is 0 Å². The Labute approximate surface area is 193 Å². The maximum Gasteiger partial charge on any atom is 0.265 e. The first-order valence-corrected chi connectivity index (χ1v) is 11.5. The maximum atomic E-state index is 13.5. The van der Waals surface area contributed by atoms with Crippen molar-refractivity contribution in [3.05, 3.63) is 69.6 Å². The lowest BCUT2D eigenvalue weighted by Gasteiger charge is -2.33. The van der Waals surface area contributed by atoms with Gasteiger partial charge in [0.25, 0.3) is 5.91 Å². The predicted molar refractivity (Wildman–Crippen MR) is 122 cm³/mol. The molecule has 1 amide bonds. The van der Waals surface area contributed by atoms with E-state index in [0.29, 0.717) is 64.4 Å². The summed E-state index contributed by atoms with van der Waals surface area (Å²) in [7, 11) is 0. The van der Waals surface area contributed by atoms with Gasteiger partial charge in [0.05, 0.1) is 11.6 Å². The molecule has 0 bridgehead atoms. The molecule has 1 fully saturated rings. The summed E-state index contributed by atoms with van der Waals surface area (Å²) < 4.78 is 19.6. The second-order valence-corrected chi connectivity index (χ2v) is 9.21. The van der Waals surface area contributed by atoms with Gasteiger partial charge in [0, 0.05) is 41.8 Å². The number of amides is 1. The summed E-state index contributed by atoms with van der Waals surface area (Å²) in [6.07, 6.45) is 0. The molecule has 0 N–H and O–H groups in total. The number of hydrogen-bond acceptors (Lipinski definition) is 6. The van der Waals surface area contributed by atoms with Crippen molar-refractivity contribution >= 4 is 38.9 Å². The van der Waals surface area contributed by atoms with Crippen LogP contribution in [0.2, 0.25) is 5.02 Å². The van der Waals surface area contributed by atoms with Gasteiger partial charge in [-0.05, 0) is 30.7 Å². The highest BCUT2D eigenvalue weighted by Gasteiger charge is 2.27. The van der Waals surface area contributed by atoms with Crippen LogP contribution in [0.3, 0.4) is 0 Å². The number of fused-ring (bicyclic) bond motifs is 1. The minimum absolute atomic E-state index is 0.115. The molecule has 1 saturated heterocycles. The number of aryl methyl sites for hydroxylation is 1. The topological polar surface area (TPSA) is 62.5 Å². The fourth-order valence-electron chi connectivity index (χ4n) is 3.87. The summed E-state index contributed by atoms with van der Waals surface area (Å²) in [6, 6.07) is 12.3. The summed E-state index contributed by atoms with van der Waals surface area (Å²) >= 11 is 7.66. The largest absolute Gasteiger partial charge is 0.338 e. The fraction of sp³-hybridized carbons (Fsp3) is 0.261. The molecule has 32 heavy (non-hydrogen) atoms. The Morgan fingerprint density at radius 1 is 1.19 bits per heavy atom. The zero-order valence-corrected chi connectivity index (χ0v) is 18.9. The molecule has 4 aromatic rings. The molecule has 3 heterocycles. The van der Waals surface area contributed by atoms with Crippen LogP contribution in [0.5, 0.6) is 0 Å². The van der Waals surface area contributed by atoms with Crippen molar-refractivity contribution in [1.29, 1.82) is 0 Å². The Kier molecular flexibility index (Phi) is 5.67. The molecule has 0 atom stereocenters. The monoisotopic (exact) mass is 470 g/mol.